The lowest BCUT2D eigenvalue weighted by Gasteiger charge is -2.24. The molecule has 5 N–H and O–H groups in total. The summed E-state index contributed by atoms with van der Waals surface area (Å²) in [5.41, 5.74) is 6.03. The van der Waals surface area contributed by atoms with Gasteiger partial charge in [0.25, 0.3) is 5.91 Å². The standard InChI is InChI=1S/C18H19FN10O2S/c19-9-6-12(16(31)24-18-21-3-5-32-18)28(8-9)17-23-15(11-2-1-4-29(11)27-17)22-13-7-10(14(20)30)25-26-13/h1-2,4,7,9,12H,3,5-6,8H2,(H2,20,30)(H,21,24,31)(H2,22,23,25,26,27)/t9-,12+/m1/s1. The molecule has 0 radical (unpaired) electrons. The van der Waals surface area contributed by atoms with Gasteiger partial charge in [0.05, 0.1) is 13.1 Å². The van der Waals surface area contributed by atoms with Crippen LogP contribution in [0.25, 0.3) is 5.52 Å². The second-order valence-corrected chi connectivity index (χ2v) is 8.36. The lowest BCUT2D eigenvalue weighted by Crippen LogP contribution is -2.45. The lowest BCUT2D eigenvalue weighted by atomic mass is 10.2. The molecular formula is C18H19FN10O2S. The van der Waals surface area contributed by atoms with Gasteiger partial charge in [-0.15, -0.1) is 5.10 Å². The fourth-order valence-corrected chi connectivity index (χ4v) is 4.35. The summed E-state index contributed by atoms with van der Waals surface area (Å²) >= 11 is 1.46. The molecule has 0 bridgehead atoms. The smallest absolute Gasteiger partial charge is 0.266 e. The molecule has 3 aromatic rings. The van der Waals surface area contributed by atoms with E-state index in [0.717, 1.165) is 5.75 Å². The van der Waals surface area contributed by atoms with Crippen LogP contribution in [-0.4, -0.2) is 72.8 Å². The van der Waals surface area contributed by atoms with Gasteiger partial charge in [-0.1, -0.05) is 11.8 Å². The van der Waals surface area contributed by atoms with Crippen molar-refractivity contribution in [3.05, 3.63) is 30.1 Å². The van der Waals surface area contributed by atoms with E-state index < -0.39 is 18.1 Å². The van der Waals surface area contributed by atoms with E-state index in [-0.39, 0.29) is 30.5 Å². The largest absolute Gasteiger partial charge is 0.364 e. The molecule has 3 aromatic heterocycles. The van der Waals surface area contributed by atoms with E-state index >= 15 is 0 Å². The van der Waals surface area contributed by atoms with Crippen molar-refractivity contribution in [2.24, 2.45) is 10.7 Å². The number of H-pyrrole nitrogens is 1. The van der Waals surface area contributed by atoms with E-state index in [1.807, 2.05) is 0 Å². The Hall–Kier alpha value is -3.68. The van der Waals surface area contributed by atoms with Gasteiger partial charge in [0.15, 0.2) is 16.8 Å². The van der Waals surface area contributed by atoms with Gasteiger partial charge in [-0.05, 0) is 12.1 Å². The van der Waals surface area contributed by atoms with Crippen molar-refractivity contribution in [3.63, 3.8) is 0 Å². The predicted molar refractivity (Wildman–Crippen MR) is 117 cm³/mol. The molecule has 2 aliphatic heterocycles. The number of nitrogens with two attached hydrogens (primary N) is 1. The fourth-order valence-electron chi connectivity index (χ4n) is 3.62. The van der Waals surface area contributed by atoms with E-state index in [2.05, 4.69) is 35.9 Å². The molecule has 0 aliphatic carbocycles. The number of hydrogen-bond acceptors (Lipinski definition) is 9. The van der Waals surface area contributed by atoms with Crippen molar-refractivity contribution in [1.82, 2.24) is 30.1 Å². The van der Waals surface area contributed by atoms with E-state index in [1.54, 1.807) is 27.7 Å². The molecule has 0 aromatic carbocycles. The number of halogens is 1. The SMILES string of the molecule is NC(=O)c1cc(Nc2nc(N3C[C@H](F)C[C@H]3C(=O)NC3=NCCS3)nn3cccc23)n[nH]1. The first-order chi connectivity index (χ1) is 15.5. The number of alkyl halides is 1. The third kappa shape index (κ3) is 3.84. The topological polar surface area (TPSA) is 159 Å². The number of aliphatic imine (C=N–C) groups is 1. The Balaban J connectivity index is 1.46. The summed E-state index contributed by atoms with van der Waals surface area (Å²) in [5.74, 6) is 0.696. The van der Waals surface area contributed by atoms with Gasteiger partial charge in [-0.3, -0.25) is 19.7 Å². The van der Waals surface area contributed by atoms with Crippen molar-refractivity contribution in [3.8, 4) is 0 Å². The van der Waals surface area contributed by atoms with Gasteiger partial charge < -0.3 is 21.3 Å². The van der Waals surface area contributed by atoms with E-state index in [1.165, 1.54) is 17.8 Å². The molecule has 1 fully saturated rings. The molecule has 5 rings (SSSR count). The number of anilines is 3. The van der Waals surface area contributed by atoms with Gasteiger partial charge >= 0.3 is 0 Å². The maximum absolute atomic E-state index is 14.4. The molecule has 0 spiro atoms. The number of carbonyl (C=O) groups excluding carboxylic acids is 2. The Morgan fingerprint density at radius 2 is 2.25 bits per heavy atom. The van der Waals surface area contributed by atoms with Crippen LogP contribution >= 0.6 is 11.8 Å². The summed E-state index contributed by atoms with van der Waals surface area (Å²) in [6, 6.07) is 4.24. The molecule has 2 atom stereocenters. The van der Waals surface area contributed by atoms with Crippen molar-refractivity contribution in [1.29, 1.82) is 0 Å². The summed E-state index contributed by atoms with van der Waals surface area (Å²) in [6.07, 6.45) is 0.544. The predicted octanol–water partition coefficient (Wildman–Crippen LogP) is 0.431. The Morgan fingerprint density at radius 3 is 3.00 bits per heavy atom. The number of carbonyl (C=O) groups is 2. The molecule has 2 aliphatic rings. The van der Waals surface area contributed by atoms with Crippen LogP contribution in [0.3, 0.4) is 0 Å². The van der Waals surface area contributed by atoms with Crippen molar-refractivity contribution in [2.45, 2.75) is 18.6 Å². The van der Waals surface area contributed by atoms with Crippen LogP contribution in [0.4, 0.5) is 22.0 Å². The number of primary amides is 1. The third-order valence-electron chi connectivity index (χ3n) is 5.09. The molecular weight excluding hydrogens is 439 g/mol. The number of thioether (sulfide) groups is 1. The zero-order valence-corrected chi connectivity index (χ0v) is 17.5. The van der Waals surface area contributed by atoms with E-state index in [9.17, 15) is 14.0 Å². The number of fused-ring (bicyclic) bond motifs is 1. The van der Waals surface area contributed by atoms with Gasteiger partial charge in [0, 0.05) is 24.4 Å². The molecule has 5 heterocycles. The number of rotatable bonds is 5. The maximum atomic E-state index is 14.4. The first-order valence-electron chi connectivity index (χ1n) is 9.84. The van der Waals surface area contributed by atoms with Crippen LogP contribution in [0.1, 0.15) is 16.9 Å². The first kappa shape index (κ1) is 20.2. The number of hydrogen-bond donors (Lipinski definition) is 4. The molecule has 14 heteroatoms. The molecule has 2 amide bonds. The van der Waals surface area contributed by atoms with Crippen LogP contribution in [-0.2, 0) is 4.79 Å². The van der Waals surface area contributed by atoms with Gasteiger partial charge in [0.2, 0.25) is 11.9 Å². The summed E-state index contributed by atoms with van der Waals surface area (Å²) in [7, 11) is 0. The molecule has 0 saturated carbocycles. The number of aromatic nitrogens is 5. The Morgan fingerprint density at radius 1 is 1.38 bits per heavy atom. The van der Waals surface area contributed by atoms with Gasteiger partial charge in [0.1, 0.15) is 23.4 Å². The highest BCUT2D eigenvalue weighted by Gasteiger charge is 2.39. The quantitative estimate of drug-likeness (QED) is 0.428. The minimum atomic E-state index is -1.20. The highest BCUT2D eigenvalue weighted by molar-refractivity contribution is 8.14. The maximum Gasteiger partial charge on any atom is 0.266 e. The highest BCUT2D eigenvalue weighted by atomic mass is 32.2. The number of nitrogens with zero attached hydrogens (tertiary/aromatic N) is 6. The van der Waals surface area contributed by atoms with Crippen LogP contribution in [0.2, 0.25) is 0 Å². The average molecular weight is 458 g/mol. The molecule has 12 nitrogen and oxygen atoms in total. The van der Waals surface area contributed by atoms with Gasteiger partial charge in [-0.2, -0.15) is 10.1 Å². The van der Waals surface area contributed by atoms with Crippen LogP contribution in [0.15, 0.2) is 29.4 Å². The number of amides is 2. The summed E-state index contributed by atoms with van der Waals surface area (Å²) in [5, 5.41) is 17.3. The monoisotopic (exact) mass is 458 g/mol. The van der Waals surface area contributed by atoms with E-state index in [4.69, 9.17) is 5.73 Å². The van der Waals surface area contributed by atoms with Crippen LogP contribution < -0.4 is 21.3 Å². The van der Waals surface area contributed by atoms with E-state index in [0.29, 0.717) is 28.9 Å². The minimum absolute atomic E-state index is 0.0157. The Bertz CT molecular complexity index is 1220. The fraction of sp³-hybridized carbons (Fsp3) is 0.333. The molecule has 1 saturated heterocycles. The van der Waals surface area contributed by atoms with Crippen LogP contribution in [0.5, 0.6) is 0 Å². The zero-order chi connectivity index (χ0) is 22.2. The first-order valence-corrected chi connectivity index (χ1v) is 10.8. The van der Waals surface area contributed by atoms with Crippen molar-refractivity contribution >= 4 is 51.8 Å². The lowest BCUT2D eigenvalue weighted by molar-refractivity contribution is -0.120. The zero-order valence-electron chi connectivity index (χ0n) is 16.7. The van der Waals surface area contributed by atoms with Crippen molar-refractivity contribution < 1.29 is 14.0 Å². The summed E-state index contributed by atoms with van der Waals surface area (Å²) < 4.78 is 15.9. The Labute approximate surface area is 184 Å². The average Bonchev–Trinajstić information content (AvgIpc) is 3.54. The summed E-state index contributed by atoms with van der Waals surface area (Å²) in [4.78, 5) is 34.5. The minimum Gasteiger partial charge on any atom is -0.364 e. The number of nitrogens with one attached hydrogen (secondary N) is 3. The number of aromatic amines is 1. The summed E-state index contributed by atoms with van der Waals surface area (Å²) in [6.45, 7) is 0.631. The highest BCUT2D eigenvalue weighted by Crippen LogP contribution is 2.28. The Kier molecular flexibility index (Phi) is 5.13. The molecule has 32 heavy (non-hydrogen) atoms. The normalized spacial score (nSPS) is 20.5. The van der Waals surface area contributed by atoms with Crippen LogP contribution in [0, 0.1) is 0 Å². The van der Waals surface area contributed by atoms with Gasteiger partial charge in [-0.25, -0.2) is 8.91 Å². The molecule has 0 unspecified atom stereocenters. The molecule has 166 valence electrons. The third-order valence-corrected chi connectivity index (χ3v) is 5.99. The number of amidine groups is 1. The second kappa shape index (κ2) is 8.11. The van der Waals surface area contributed by atoms with Crippen molar-refractivity contribution in [2.75, 3.05) is 29.1 Å². The second-order valence-electron chi connectivity index (χ2n) is 7.28.